The molecule has 5 rings (SSSR count). The lowest BCUT2D eigenvalue weighted by molar-refractivity contribution is 0.102. The molecule has 1 N–H and O–H groups in total. The number of nitrogens with zero attached hydrogens (tertiary/aromatic N) is 2. The molecule has 0 saturated carbocycles. The largest absolute Gasteiger partial charge is 0.497 e. The number of fused-ring (bicyclic) bond motifs is 1. The van der Waals surface area contributed by atoms with Gasteiger partial charge in [-0.2, -0.15) is 0 Å². The van der Waals surface area contributed by atoms with Gasteiger partial charge < -0.3 is 24.3 Å². The maximum absolute atomic E-state index is 12.8. The summed E-state index contributed by atoms with van der Waals surface area (Å²) in [5.41, 5.74) is 2.70. The number of benzene rings is 3. The van der Waals surface area contributed by atoms with Gasteiger partial charge in [-0.3, -0.25) is 4.79 Å². The van der Waals surface area contributed by atoms with Crippen molar-refractivity contribution in [2.75, 3.05) is 25.6 Å². The molecule has 170 valence electrons. The Bertz CT molecular complexity index is 1320. The molecule has 1 aromatic heterocycles. The summed E-state index contributed by atoms with van der Waals surface area (Å²) in [6.07, 6.45) is 3.31. The van der Waals surface area contributed by atoms with E-state index < -0.39 is 0 Å². The smallest absolute Gasteiger partial charge is 0.321 e. The van der Waals surface area contributed by atoms with Crippen LogP contribution >= 0.6 is 0 Å². The summed E-state index contributed by atoms with van der Waals surface area (Å²) in [5, 5.41) is 2.90. The number of carbonyl (C=O) groups is 1. The van der Waals surface area contributed by atoms with E-state index in [1.54, 1.807) is 62.0 Å². The first-order chi connectivity index (χ1) is 16.7. The van der Waals surface area contributed by atoms with E-state index in [0.29, 0.717) is 47.5 Å². The van der Waals surface area contributed by atoms with E-state index >= 15 is 0 Å². The van der Waals surface area contributed by atoms with Crippen LogP contribution in [0.5, 0.6) is 29.0 Å². The molecule has 0 unspecified atom stereocenters. The molecule has 0 saturated heterocycles. The van der Waals surface area contributed by atoms with Crippen LogP contribution in [0, 0.1) is 0 Å². The van der Waals surface area contributed by atoms with Crippen LogP contribution in [0.15, 0.2) is 79.1 Å². The van der Waals surface area contributed by atoms with Crippen LogP contribution < -0.4 is 24.3 Å². The van der Waals surface area contributed by atoms with E-state index in [9.17, 15) is 4.79 Å². The Morgan fingerprint density at radius 2 is 1.62 bits per heavy atom. The standard InChI is InChI=1S/C26H21N3O5/c1-31-21-6-3-7-22(14-21)34-26-27-15-19(16-28-26)17-4-2-5-18(12-17)25(30)29-20-8-9-23-24(13-20)33-11-10-32-23/h2-9,12-16H,10-11H2,1H3,(H,29,30). The first-order valence-corrected chi connectivity index (χ1v) is 10.6. The molecule has 1 aliphatic rings. The van der Waals surface area contributed by atoms with Crippen LogP contribution in [0.2, 0.25) is 0 Å². The molecule has 2 heterocycles. The van der Waals surface area contributed by atoms with Crippen LogP contribution in [0.1, 0.15) is 10.4 Å². The summed E-state index contributed by atoms with van der Waals surface area (Å²) in [7, 11) is 1.59. The van der Waals surface area contributed by atoms with Crippen LogP contribution in [0.25, 0.3) is 11.1 Å². The molecule has 8 nitrogen and oxygen atoms in total. The number of rotatable bonds is 6. The Kier molecular flexibility index (Phi) is 5.94. The van der Waals surface area contributed by atoms with Crippen molar-refractivity contribution in [1.82, 2.24) is 9.97 Å². The average molecular weight is 455 g/mol. The molecule has 8 heteroatoms. The highest BCUT2D eigenvalue weighted by molar-refractivity contribution is 6.05. The maximum Gasteiger partial charge on any atom is 0.321 e. The van der Waals surface area contributed by atoms with Crippen molar-refractivity contribution in [1.29, 1.82) is 0 Å². The van der Waals surface area contributed by atoms with Gasteiger partial charge in [-0.05, 0) is 42.0 Å². The van der Waals surface area contributed by atoms with Gasteiger partial charge in [-0.25, -0.2) is 9.97 Å². The first-order valence-electron chi connectivity index (χ1n) is 10.6. The summed E-state index contributed by atoms with van der Waals surface area (Å²) >= 11 is 0. The van der Waals surface area contributed by atoms with Crippen LogP contribution in [-0.2, 0) is 0 Å². The summed E-state index contributed by atoms with van der Waals surface area (Å²) in [6.45, 7) is 1.00. The van der Waals surface area contributed by atoms with Crippen molar-refractivity contribution in [3.63, 3.8) is 0 Å². The lowest BCUT2D eigenvalue weighted by Crippen LogP contribution is -2.16. The third-order valence-corrected chi connectivity index (χ3v) is 5.14. The normalized spacial score (nSPS) is 12.0. The zero-order valence-electron chi connectivity index (χ0n) is 18.4. The number of hydrogen-bond donors (Lipinski definition) is 1. The van der Waals surface area contributed by atoms with Gasteiger partial charge in [-0.15, -0.1) is 0 Å². The summed E-state index contributed by atoms with van der Waals surface area (Å²) in [5.74, 6) is 2.30. The van der Waals surface area contributed by atoms with Crippen molar-refractivity contribution in [2.45, 2.75) is 0 Å². The van der Waals surface area contributed by atoms with Gasteiger partial charge in [0.2, 0.25) is 0 Å². The molecule has 1 amide bonds. The number of amides is 1. The van der Waals surface area contributed by atoms with Crippen molar-refractivity contribution in [3.05, 3.63) is 84.7 Å². The molecule has 0 aliphatic carbocycles. The van der Waals surface area contributed by atoms with Gasteiger partial charge in [-0.1, -0.05) is 18.2 Å². The van der Waals surface area contributed by atoms with Crippen molar-refractivity contribution in [2.24, 2.45) is 0 Å². The quantitative estimate of drug-likeness (QED) is 0.439. The van der Waals surface area contributed by atoms with Gasteiger partial charge in [0.05, 0.1) is 7.11 Å². The molecule has 0 fully saturated rings. The topological polar surface area (TPSA) is 91.8 Å². The highest BCUT2D eigenvalue weighted by Gasteiger charge is 2.14. The van der Waals surface area contributed by atoms with Crippen LogP contribution in [0.3, 0.4) is 0 Å². The Hall–Kier alpha value is -4.59. The highest BCUT2D eigenvalue weighted by Crippen LogP contribution is 2.33. The van der Waals surface area contributed by atoms with E-state index in [1.807, 2.05) is 24.3 Å². The number of nitrogens with one attached hydrogen (secondary N) is 1. The third kappa shape index (κ3) is 4.75. The maximum atomic E-state index is 12.8. The minimum atomic E-state index is -0.238. The molecule has 0 spiro atoms. The van der Waals surface area contributed by atoms with E-state index in [4.69, 9.17) is 18.9 Å². The summed E-state index contributed by atoms with van der Waals surface area (Å²) < 4.78 is 22.0. The first kappa shape index (κ1) is 21.3. The SMILES string of the molecule is COc1cccc(Oc2ncc(-c3cccc(C(=O)Nc4ccc5c(c4)OCCO5)c3)cn2)c1. The third-order valence-electron chi connectivity index (χ3n) is 5.14. The van der Waals surface area contributed by atoms with Gasteiger partial charge in [0.1, 0.15) is 24.7 Å². The zero-order valence-corrected chi connectivity index (χ0v) is 18.4. The molecule has 0 bridgehead atoms. The number of ether oxygens (including phenoxy) is 4. The molecular weight excluding hydrogens is 434 g/mol. The van der Waals surface area contributed by atoms with E-state index in [-0.39, 0.29) is 11.9 Å². The Labute approximate surface area is 196 Å². The lowest BCUT2D eigenvalue weighted by atomic mass is 10.1. The van der Waals surface area contributed by atoms with E-state index in [0.717, 1.165) is 11.1 Å². The van der Waals surface area contributed by atoms with Gasteiger partial charge >= 0.3 is 6.01 Å². The minimum absolute atomic E-state index is 0.213. The zero-order chi connectivity index (χ0) is 23.3. The summed E-state index contributed by atoms with van der Waals surface area (Å²) in [4.78, 5) is 21.4. The molecule has 4 aromatic rings. The van der Waals surface area contributed by atoms with Gasteiger partial charge in [0.15, 0.2) is 11.5 Å². The van der Waals surface area contributed by atoms with Crippen LogP contribution in [-0.4, -0.2) is 36.2 Å². The number of methoxy groups -OCH3 is 1. The molecule has 1 aliphatic heterocycles. The monoisotopic (exact) mass is 455 g/mol. The van der Waals surface area contributed by atoms with Crippen molar-refractivity contribution in [3.8, 4) is 40.1 Å². The van der Waals surface area contributed by atoms with E-state index in [1.165, 1.54) is 0 Å². The Morgan fingerprint density at radius 1 is 0.853 bits per heavy atom. The van der Waals surface area contributed by atoms with Crippen molar-refractivity contribution < 1.29 is 23.7 Å². The molecule has 3 aromatic carbocycles. The fraction of sp³-hybridized carbons (Fsp3) is 0.115. The second kappa shape index (κ2) is 9.50. The highest BCUT2D eigenvalue weighted by atomic mass is 16.6. The second-order valence-corrected chi connectivity index (χ2v) is 7.43. The minimum Gasteiger partial charge on any atom is -0.497 e. The number of carbonyl (C=O) groups excluding carboxylic acids is 1. The molecular formula is C26H21N3O5. The lowest BCUT2D eigenvalue weighted by Gasteiger charge is -2.19. The van der Waals surface area contributed by atoms with E-state index in [2.05, 4.69) is 15.3 Å². The predicted octanol–water partition coefficient (Wildman–Crippen LogP) is 4.97. The molecule has 0 atom stereocenters. The predicted molar refractivity (Wildman–Crippen MR) is 126 cm³/mol. The number of hydrogen-bond acceptors (Lipinski definition) is 7. The fourth-order valence-electron chi connectivity index (χ4n) is 3.45. The van der Waals surface area contributed by atoms with Crippen molar-refractivity contribution >= 4 is 11.6 Å². The number of anilines is 1. The van der Waals surface area contributed by atoms with Gasteiger partial charge in [0, 0.05) is 41.3 Å². The molecule has 34 heavy (non-hydrogen) atoms. The Balaban J connectivity index is 1.29. The Morgan fingerprint density at radius 3 is 2.44 bits per heavy atom. The fourth-order valence-corrected chi connectivity index (χ4v) is 3.45. The van der Waals surface area contributed by atoms with Gasteiger partial charge in [0.25, 0.3) is 5.91 Å². The van der Waals surface area contributed by atoms with Crippen LogP contribution in [0.4, 0.5) is 5.69 Å². The second-order valence-electron chi connectivity index (χ2n) is 7.43. The molecule has 0 radical (unpaired) electrons. The summed E-state index contributed by atoms with van der Waals surface area (Å²) in [6, 6.07) is 20.0. The number of aromatic nitrogens is 2. The average Bonchev–Trinajstić information content (AvgIpc) is 2.89.